The van der Waals surface area contributed by atoms with Crippen LogP contribution in [0, 0.1) is 6.92 Å². The highest BCUT2D eigenvalue weighted by molar-refractivity contribution is 5.16. The molecule has 11 heavy (non-hydrogen) atoms. The molecule has 0 saturated heterocycles. The van der Waals surface area contributed by atoms with Crippen molar-refractivity contribution in [2.75, 3.05) is 0 Å². The maximum Gasteiger partial charge on any atom is 0.0406 e. The lowest BCUT2D eigenvalue weighted by atomic mass is 10.1. The van der Waals surface area contributed by atoms with Gasteiger partial charge in [0, 0.05) is 11.9 Å². The summed E-state index contributed by atoms with van der Waals surface area (Å²) in [4.78, 5) is 4.25. The van der Waals surface area contributed by atoms with E-state index >= 15 is 0 Å². The summed E-state index contributed by atoms with van der Waals surface area (Å²) in [6, 6.07) is 4.16. The Hall–Kier alpha value is -0.850. The van der Waals surface area contributed by atoms with Gasteiger partial charge in [-0.15, -0.1) is 0 Å². The van der Waals surface area contributed by atoms with Gasteiger partial charge in [0.1, 0.15) is 0 Å². The third-order valence-electron chi connectivity index (χ3n) is 1.68. The third kappa shape index (κ3) is 2.34. The van der Waals surface area contributed by atoms with Gasteiger partial charge in [-0.05, 0) is 37.5 Å². The highest BCUT2D eigenvalue weighted by Gasteiger charge is 1.93. The maximum absolute atomic E-state index is 4.25. The first-order chi connectivity index (χ1) is 5.36. The first-order valence-corrected chi connectivity index (χ1v) is 4.10. The summed E-state index contributed by atoms with van der Waals surface area (Å²) in [5, 5.41) is 0. The molecule has 0 spiro atoms. The fourth-order valence-electron chi connectivity index (χ4n) is 1.08. The predicted octanol–water partition coefficient (Wildman–Crippen LogP) is 2.41. The summed E-state index contributed by atoms with van der Waals surface area (Å²) in [7, 11) is 0. The topological polar surface area (TPSA) is 12.9 Å². The fraction of sp³-hybridized carbons (Fsp3) is 0.400. The van der Waals surface area contributed by atoms with Crippen molar-refractivity contribution in [1.29, 1.82) is 0 Å². The molecule has 0 unspecified atom stereocenters. The van der Waals surface area contributed by atoms with E-state index in [1.807, 2.05) is 12.3 Å². The van der Waals surface area contributed by atoms with E-state index in [1.165, 1.54) is 11.3 Å². The Morgan fingerprint density at radius 1 is 1.55 bits per heavy atom. The van der Waals surface area contributed by atoms with Crippen molar-refractivity contribution in [1.82, 2.24) is 4.98 Å². The van der Waals surface area contributed by atoms with Crippen LogP contribution < -0.4 is 0 Å². The number of rotatable bonds is 3. The van der Waals surface area contributed by atoms with E-state index in [0.717, 1.165) is 19.3 Å². The molecule has 0 amide bonds. The highest BCUT2D eigenvalue weighted by atomic mass is 14.7. The molecule has 0 aliphatic carbocycles. The second kappa shape index (κ2) is 4.12. The molecule has 1 aromatic heterocycles. The Labute approximate surface area is 68.5 Å². The number of hydrogen-bond donors (Lipinski definition) is 0. The van der Waals surface area contributed by atoms with Crippen molar-refractivity contribution >= 4 is 0 Å². The Kier molecular flexibility index (Phi) is 3.09. The van der Waals surface area contributed by atoms with Crippen molar-refractivity contribution < 1.29 is 0 Å². The second-order valence-electron chi connectivity index (χ2n) is 2.66. The Morgan fingerprint density at radius 3 is 3.00 bits per heavy atom. The van der Waals surface area contributed by atoms with Crippen LogP contribution in [-0.4, -0.2) is 4.98 Å². The summed E-state index contributed by atoms with van der Waals surface area (Å²) < 4.78 is 0. The van der Waals surface area contributed by atoms with E-state index in [1.54, 1.807) is 0 Å². The van der Waals surface area contributed by atoms with Crippen molar-refractivity contribution in [3.8, 4) is 0 Å². The van der Waals surface area contributed by atoms with Gasteiger partial charge < -0.3 is 0 Å². The lowest BCUT2D eigenvalue weighted by Gasteiger charge is -1.99. The van der Waals surface area contributed by atoms with Crippen LogP contribution in [0.2, 0.25) is 0 Å². The summed E-state index contributed by atoms with van der Waals surface area (Å²) in [6.07, 6.45) is 4.96. The lowest BCUT2D eigenvalue weighted by Crippen LogP contribution is -1.90. The van der Waals surface area contributed by atoms with Crippen LogP contribution >= 0.6 is 0 Å². The summed E-state index contributed by atoms with van der Waals surface area (Å²) in [6.45, 7) is 5.99. The maximum atomic E-state index is 4.25. The standard InChI is InChI=1S/C10H14N/c1-3-5-10-8-9(4-2)6-7-11-10/h6-8H,2-5H2,1H3. The average molecular weight is 148 g/mol. The first-order valence-electron chi connectivity index (χ1n) is 4.10. The molecule has 1 radical (unpaired) electrons. The smallest absolute Gasteiger partial charge is 0.0406 e. The number of hydrogen-bond acceptors (Lipinski definition) is 1. The van der Waals surface area contributed by atoms with Crippen LogP contribution in [-0.2, 0) is 12.8 Å². The monoisotopic (exact) mass is 148 g/mol. The molecule has 1 heteroatoms. The molecule has 0 aliphatic rings. The van der Waals surface area contributed by atoms with Gasteiger partial charge in [-0.2, -0.15) is 0 Å². The van der Waals surface area contributed by atoms with E-state index < -0.39 is 0 Å². The van der Waals surface area contributed by atoms with Gasteiger partial charge in [0.15, 0.2) is 0 Å². The summed E-state index contributed by atoms with van der Waals surface area (Å²) in [5.74, 6) is 0. The predicted molar refractivity (Wildman–Crippen MR) is 47.3 cm³/mol. The van der Waals surface area contributed by atoms with E-state index in [-0.39, 0.29) is 0 Å². The van der Waals surface area contributed by atoms with Crippen LogP contribution in [0.3, 0.4) is 0 Å². The zero-order valence-corrected chi connectivity index (χ0v) is 7.01. The summed E-state index contributed by atoms with van der Waals surface area (Å²) in [5.41, 5.74) is 2.47. The van der Waals surface area contributed by atoms with Crippen LogP contribution in [0.4, 0.5) is 0 Å². The Morgan fingerprint density at radius 2 is 2.36 bits per heavy atom. The zero-order valence-electron chi connectivity index (χ0n) is 7.01. The molecule has 1 rings (SSSR count). The first kappa shape index (κ1) is 8.25. The second-order valence-corrected chi connectivity index (χ2v) is 2.66. The van der Waals surface area contributed by atoms with Gasteiger partial charge in [-0.3, -0.25) is 4.98 Å². The van der Waals surface area contributed by atoms with Crippen molar-refractivity contribution in [3.05, 3.63) is 36.5 Å². The van der Waals surface area contributed by atoms with E-state index in [4.69, 9.17) is 0 Å². The summed E-state index contributed by atoms with van der Waals surface area (Å²) >= 11 is 0. The molecule has 0 bridgehead atoms. The molecule has 1 aromatic rings. The van der Waals surface area contributed by atoms with Gasteiger partial charge in [-0.1, -0.05) is 13.3 Å². The van der Waals surface area contributed by atoms with Crippen LogP contribution in [0.25, 0.3) is 0 Å². The molecule has 1 nitrogen and oxygen atoms in total. The lowest BCUT2D eigenvalue weighted by molar-refractivity contribution is 0.878. The molecule has 0 saturated carbocycles. The van der Waals surface area contributed by atoms with Crippen LogP contribution in [0.15, 0.2) is 18.3 Å². The quantitative estimate of drug-likeness (QED) is 0.641. The molecule has 59 valence electrons. The van der Waals surface area contributed by atoms with Gasteiger partial charge in [0.2, 0.25) is 0 Å². The normalized spacial score (nSPS) is 10.0. The SMILES string of the molecule is [CH2]Cc1ccnc(CCC)c1. The molecular formula is C10H14N. The molecule has 0 fully saturated rings. The van der Waals surface area contributed by atoms with E-state index in [2.05, 4.69) is 24.9 Å². The molecule has 0 atom stereocenters. The van der Waals surface area contributed by atoms with Gasteiger partial charge in [-0.25, -0.2) is 0 Å². The van der Waals surface area contributed by atoms with Gasteiger partial charge in [0.25, 0.3) is 0 Å². The average Bonchev–Trinajstić information content (AvgIpc) is 2.06. The minimum atomic E-state index is 0.860. The largest absolute Gasteiger partial charge is 0.261 e. The van der Waals surface area contributed by atoms with E-state index in [0.29, 0.717) is 0 Å². The molecular weight excluding hydrogens is 134 g/mol. The number of nitrogens with zero attached hydrogens (tertiary/aromatic N) is 1. The molecule has 1 heterocycles. The number of pyridine rings is 1. The Bertz CT molecular complexity index is 218. The fourth-order valence-corrected chi connectivity index (χ4v) is 1.08. The van der Waals surface area contributed by atoms with Gasteiger partial charge >= 0.3 is 0 Å². The van der Waals surface area contributed by atoms with Crippen molar-refractivity contribution in [2.24, 2.45) is 0 Å². The molecule has 0 aromatic carbocycles. The third-order valence-corrected chi connectivity index (χ3v) is 1.68. The van der Waals surface area contributed by atoms with Crippen molar-refractivity contribution in [2.45, 2.75) is 26.2 Å². The van der Waals surface area contributed by atoms with Crippen LogP contribution in [0.1, 0.15) is 24.6 Å². The highest BCUT2D eigenvalue weighted by Crippen LogP contribution is 2.03. The number of aryl methyl sites for hydroxylation is 1. The Balaban J connectivity index is 2.74. The molecule has 0 aliphatic heterocycles. The number of aromatic nitrogens is 1. The van der Waals surface area contributed by atoms with Crippen molar-refractivity contribution in [3.63, 3.8) is 0 Å². The van der Waals surface area contributed by atoms with E-state index in [9.17, 15) is 0 Å². The molecule has 0 N–H and O–H groups in total. The van der Waals surface area contributed by atoms with Gasteiger partial charge in [0.05, 0.1) is 0 Å². The minimum Gasteiger partial charge on any atom is -0.261 e. The zero-order chi connectivity index (χ0) is 8.10. The minimum absolute atomic E-state index is 0.860. The van der Waals surface area contributed by atoms with Crippen LogP contribution in [0.5, 0.6) is 0 Å².